The molecule has 4 rings (SSSR count). The van der Waals surface area contributed by atoms with Gasteiger partial charge < -0.3 is 18.8 Å². The Labute approximate surface area is 193 Å². The van der Waals surface area contributed by atoms with Crippen LogP contribution in [0.2, 0.25) is 0 Å². The molecule has 0 N–H and O–H groups in total. The number of carbonyl (C=O) groups excluding carboxylic acids is 1. The van der Waals surface area contributed by atoms with Crippen LogP contribution >= 0.6 is 0 Å². The maximum Gasteiger partial charge on any atom is 0.289 e. The van der Waals surface area contributed by atoms with Crippen molar-refractivity contribution in [3.05, 3.63) is 53.7 Å². The molecule has 1 saturated heterocycles. The highest BCUT2D eigenvalue weighted by molar-refractivity contribution is 5.91. The molecule has 176 valence electrons. The van der Waals surface area contributed by atoms with E-state index in [1.165, 1.54) is 6.26 Å². The summed E-state index contributed by atoms with van der Waals surface area (Å²) in [5.41, 5.74) is 0.586. The number of hydrogen-bond acceptors (Lipinski definition) is 8. The van der Waals surface area contributed by atoms with E-state index in [0.29, 0.717) is 37.8 Å². The Balaban J connectivity index is 1.70. The molecule has 0 aliphatic carbocycles. The molecule has 3 aromatic rings. The zero-order valence-corrected chi connectivity index (χ0v) is 19.7. The average molecular weight is 455 g/mol. The molecule has 1 aliphatic heterocycles. The number of furan rings is 1. The van der Waals surface area contributed by atoms with Crippen LogP contribution in [0.5, 0.6) is 11.5 Å². The Morgan fingerprint density at radius 2 is 1.85 bits per heavy atom. The van der Waals surface area contributed by atoms with Gasteiger partial charge in [0.25, 0.3) is 5.91 Å². The molecule has 10 heteroatoms. The second-order valence-electron chi connectivity index (χ2n) is 8.94. The number of aromatic nitrogens is 4. The predicted molar refractivity (Wildman–Crippen MR) is 120 cm³/mol. The van der Waals surface area contributed by atoms with Crippen LogP contribution in [0.4, 0.5) is 0 Å². The van der Waals surface area contributed by atoms with Gasteiger partial charge in [-0.2, -0.15) is 0 Å². The van der Waals surface area contributed by atoms with Crippen molar-refractivity contribution in [1.29, 1.82) is 0 Å². The van der Waals surface area contributed by atoms with E-state index < -0.39 is 0 Å². The molecule has 1 aliphatic rings. The van der Waals surface area contributed by atoms with Gasteiger partial charge in [-0.3, -0.25) is 9.69 Å². The van der Waals surface area contributed by atoms with Crippen LogP contribution in [0.1, 0.15) is 48.8 Å². The third-order valence-electron chi connectivity index (χ3n) is 5.80. The van der Waals surface area contributed by atoms with E-state index in [9.17, 15) is 4.79 Å². The Morgan fingerprint density at radius 1 is 1.09 bits per heavy atom. The zero-order chi connectivity index (χ0) is 23.6. The fourth-order valence-corrected chi connectivity index (χ4v) is 4.13. The summed E-state index contributed by atoms with van der Waals surface area (Å²) in [5.74, 6) is 2.40. The molecule has 2 aromatic heterocycles. The van der Waals surface area contributed by atoms with E-state index in [0.717, 1.165) is 17.1 Å². The molecular weight excluding hydrogens is 424 g/mol. The minimum atomic E-state index is -0.319. The molecule has 0 bridgehead atoms. The molecule has 1 aromatic carbocycles. The van der Waals surface area contributed by atoms with Crippen molar-refractivity contribution in [3.63, 3.8) is 0 Å². The average Bonchev–Trinajstić information content (AvgIpc) is 3.52. The lowest BCUT2D eigenvalue weighted by Crippen LogP contribution is -2.50. The van der Waals surface area contributed by atoms with Crippen LogP contribution in [0.3, 0.4) is 0 Å². The highest BCUT2D eigenvalue weighted by atomic mass is 16.5. The summed E-state index contributed by atoms with van der Waals surface area (Å²) >= 11 is 0. The fourth-order valence-electron chi connectivity index (χ4n) is 4.13. The van der Waals surface area contributed by atoms with Gasteiger partial charge in [0, 0.05) is 31.7 Å². The van der Waals surface area contributed by atoms with Gasteiger partial charge in [0.2, 0.25) is 0 Å². The predicted octanol–water partition coefficient (Wildman–Crippen LogP) is 2.59. The largest absolute Gasteiger partial charge is 0.497 e. The molecule has 10 nitrogen and oxygen atoms in total. The number of methoxy groups -OCH3 is 2. The Bertz CT molecular complexity index is 1080. The van der Waals surface area contributed by atoms with E-state index in [4.69, 9.17) is 13.9 Å². The minimum Gasteiger partial charge on any atom is -0.497 e. The van der Waals surface area contributed by atoms with E-state index in [1.54, 1.807) is 26.4 Å². The monoisotopic (exact) mass is 454 g/mol. The third-order valence-corrected chi connectivity index (χ3v) is 5.80. The van der Waals surface area contributed by atoms with Crippen molar-refractivity contribution in [1.82, 2.24) is 30.0 Å². The highest BCUT2D eigenvalue weighted by Crippen LogP contribution is 2.37. The van der Waals surface area contributed by atoms with Crippen molar-refractivity contribution < 1.29 is 18.7 Å². The smallest absolute Gasteiger partial charge is 0.289 e. The standard InChI is InChI=1S/C23H30N6O4/c1-23(2,3)29-21(24-25-26-29)20(17-15-16(31-4)8-9-18(17)32-5)27-10-12-28(13-11-27)22(30)19-7-6-14-33-19/h6-9,14-15,20H,10-13H2,1-5H3/t20-/m1/s1. The summed E-state index contributed by atoms with van der Waals surface area (Å²) in [6, 6.07) is 8.85. The Hall–Kier alpha value is -3.40. The minimum absolute atomic E-state index is 0.102. The number of ether oxygens (including phenoxy) is 2. The maximum atomic E-state index is 12.7. The zero-order valence-electron chi connectivity index (χ0n) is 19.7. The molecule has 33 heavy (non-hydrogen) atoms. The van der Waals surface area contributed by atoms with E-state index in [1.807, 2.05) is 27.8 Å². The maximum absolute atomic E-state index is 12.7. The number of rotatable bonds is 6. The number of piperazine rings is 1. The van der Waals surface area contributed by atoms with Gasteiger partial charge in [-0.15, -0.1) is 5.10 Å². The van der Waals surface area contributed by atoms with Gasteiger partial charge in [0.1, 0.15) is 17.5 Å². The summed E-state index contributed by atoms with van der Waals surface area (Å²) < 4.78 is 18.4. The highest BCUT2D eigenvalue weighted by Gasteiger charge is 2.36. The van der Waals surface area contributed by atoms with Crippen LogP contribution in [0.25, 0.3) is 0 Å². The number of tetrazole rings is 1. The number of amides is 1. The van der Waals surface area contributed by atoms with Crippen LogP contribution in [-0.4, -0.2) is 76.3 Å². The normalized spacial score (nSPS) is 16.0. The van der Waals surface area contributed by atoms with Gasteiger partial charge in [-0.25, -0.2) is 4.68 Å². The van der Waals surface area contributed by atoms with E-state index in [-0.39, 0.29) is 17.5 Å². The quantitative estimate of drug-likeness (QED) is 0.561. The van der Waals surface area contributed by atoms with Crippen LogP contribution < -0.4 is 9.47 Å². The summed E-state index contributed by atoms with van der Waals surface area (Å²) in [4.78, 5) is 16.8. The summed E-state index contributed by atoms with van der Waals surface area (Å²) in [5, 5.41) is 12.7. The summed E-state index contributed by atoms with van der Waals surface area (Å²) in [7, 11) is 3.29. The number of hydrogen-bond donors (Lipinski definition) is 0. The molecule has 0 radical (unpaired) electrons. The van der Waals surface area contributed by atoms with E-state index in [2.05, 4.69) is 41.2 Å². The van der Waals surface area contributed by atoms with Crippen LogP contribution in [0, 0.1) is 0 Å². The molecule has 0 spiro atoms. The molecular formula is C23H30N6O4. The van der Waals surface area contributed by atoms with Gasteiger partial charge >= 0.3 is 0 Å². The molecule has 1 amide bonds. The summed E-state index contributed by atoms with van der Waals surface area (Å²) in [6.07, 6.45) is 1.51. The van der Waals surface area contributed by atoms with Crippen LogP contribution in [-0.2, 0) is 5.54 Å². The lowest BCUT2D eigenvalue weighted by Gasteiger charge is -2.39. The molecule has 1 fully saturated rings. The molecule has 0 saturated carbocycles. The van der Waals surface area contributed by atoms with E-state index >= 15 is 0 Å². The Morgan fingerprint density at radius 3 is 2.45 bits per heavy atom. The number of benzene rings is 1. The van der Waals surface area contributed by atoms with Crippen LogP contribution in [0.15, 0.2) is 41.0 Å². The second kappa shape index (κ2) is 9.22. The van der Waals surface area contributed by atoms with Crippen molar-refractivity contribution in [2.45, 2.75) is 32.4 Å². The fraction of sp³-hybridized carbons (Fsp3) is 0.478. The first-order valence-electron chi connectivity index (χ1n) is 10.9. The summed E-state index contributed by atoms with van der Waals surface area (Å²) in [6.45, 7) is 8.56. The van der Waals surface area contributed by atoms with Gasteiger partial charge in [-0.05, 0) is 61.5 Å². The van der Waals surface area contributed by atoms with Gasteiger partial charge in [0.15, 0.2) is 11.6 Å². The number of nitrogens with zero attached hydrogens (tertiary/aromatic N) is 6. The van der Waals surface area contributed by atoms with Gasteiger partial charge in [-0.1, -0.05) is 0 Å². The topological polar surface area (TPSA) is 98.7 Å². The first kappa shape index (κ1) is 22.8. The molecule has 3 heterocycles. The molecule has 0 unspecified atom stereocenters. The lowest BCUT2D eigenvalue weighted by atomic mass is 10.00. The first-order chi connectivity index (χ1) is 15.8. The second-order valence-corrected chi connectivity index (χ2v) is 8.94. The van der Waals surface area contributed by atoms with Crippen molar-refractivity contribution >= 4 is 5.91 Å². The van der Waals surface area contributed by atoms with Crippen molar-refractivity contribution in [2.75, 3.05) is 40.4 Å². The first-order valence-corrected chi connectivity index (χ1v) is 10.9. The van der Waals surface area contributed by atoms with Crippen molar-refractivity contribution in [2.24, 2.45) is 0 Å². The SMILES string of the molecule is COc1ccc(OC)c([C@H](c2nnnn2C(C)(C)C)N2CCN(C(=O)c3ccco3)CC2)c1. The number of carbonyl (C=O) groups is 1. The van der Waals surface area contributed by atoms with Gasteiger partial charge in [0.05, 0.1) is 26.0 Å². The Kier molecular flexibility index (Phi) is 6.37. The lowest BCUT2D eigenvalue weighted by molar-refractivity contribution is 0.0554. The van der Waals surface area contributed by atoms with Crippen molar-refractivity contribution in [3.8, 4) is 11.5 Å². The third kappa shape index (κ3) is 4.56. The molecule has 1 atom stereocenters.